The molecule has 4 unspecified atom stereocenters. The number of tetrazole rings is 1. The van der Waals surface area contributed by atoms with E-state index in [9.17, 15) is 26.3 Å². The van der Waals surface area contributed by atoms with Gasteiger partial charge in [0, 0.05) is 25.6 Å². The highest BCUT2D eigenvalue weighted by Gasteiger charge is 2.60. The molecule has 0 aliphatic carbocycles. The molecule has 2 saturated heterocycles. The van der Waals surface area contributed by atoms with E-state index in [1.165, 1.54) is 0 Å². The third-order valence-corrected chi connectivity index (χ3v) is 8.72. The third kappa shape index (κ3) is 5.53. The molecule has 2 bridgehead atoms. The smallest absolute Gasteiger partial charge is 0.371 e. The van der Waals surface area contributed by atoms with Crippen LogP contribution in [0.4, 0.5) is 26.3 Å². The van der Waals surface area contributed by atoms with E-state index in [1.54, 1.807) is 11.7 Å². The van der Waals surface area contributed by atoms with Gasteiger partial charge in [-0.25, -0.2) is 4.68 Å². The lowest BCUT2D eigenvalue weighted by atomic mass is 9.78. The molecule has 0 spiro atoms. The summed E-state index contributed by atoms with van der Waals surface area (Å²) >= 11 is 0. The molecule has 2 aliphatic heterocycles. The maximum absolute atomic E-state index is 13.6. The van der Waals surface area contributed by atoms with Gasteiger partial charge in [-0.2, -0.15) is 26.3 Å². The Balaban J connectivity index is 1.42. The maximum Gasteiger partial charge on any atom is 0.416 e. The van der Waals surface area contributed by atoms with Gasteiger partial charge in [0.15, 0.2) is 5.82 Å². The van der Waals surface area contributed by atoms with Gasteiger partial charge >= 0.3 is 12.4 Å². The van der Waals surface area contributed by atoms with Crippen molar-refractivity contribution in [3.63, 3.8) is 0 Å². The fourth-order valence-corrected chi connectivity index (χ4v) is 6.91. The van der Waals surface area contributed by atoms with E-state index in [-0.39, 0.29) is 23.6 Å². The van der Waals surface area contributed by atoms with Crippen molar-refractivity contribution in [3.05, 3.63) is 113 Å². The van der Waals surface area contributed by atoms with Crippen molar-refractivity contribution in [2.45, 2.75) is 68.4 Å². The molecule has 2 aliphatic rings. The number of fused-ring (bicyclic) bond motifs is 2. The molecule has 4 aromatic rings. The zero-order valence-electron chi connectivity index (χ0n) is 23.2. The fourth-order valence-electron chi connectivity index (χ4n) is 6.91. The van der Waals surface area contributed by atoms with Crippen LogP contribution in [0.25, 0.3) is 0 Å². The van der Waals surface area contributed by atoms with Crippen LogP contribution in [0.3, 0.4) is 0 Å². The summed E-state index contributed by atoms with van der Waals surface area (Å²) in [6, 6.07) is 21.3. The molecule has 0 saturated carbocycles. The van der Waals surface area contributed by atoms with Crippen molar-refractivity contribution in [2.24, 2.45) is 7.05 Å². The van der Waals surface area contributed by atoms with Crippen molar-refractivity contribution in [2.75, 3.05) is 0 Å². The average molecular weight is 602 g/mol. The Morgan fingerprint density at radius 3 is 2.05 bits per heavy atom. The number of nitrogens with zero attached hydrogens (tertiary/aromatic N) is 5. The van der Waals surface area contributed by atoms with Crippen molar-refractivity contribution in [3.8, 4) is 0 Å². The second-order valence-corrected chi connectivity index (χ2v) is 11.2. The molecule has 226 valence electrons. The molecular formula is C31H29F6N5O. The number of alkyl halides is 6. The Bertz CT molecular complexity index is 1530. The van der Waals surface area contributed by atoms with Crippen LogP contribution in [0, 0.1) is 0 Å². The number of aromatic nitrogens is 4. The van der Waals surface area contributed by atoms with E-state index < -0.39 is 41.7 Å². The lowest BCUT2D eigenvalue weighted by molar-refractivity contribution is -0.143. The third-order valence-electron chi connectivity index (χ3n) is 8.72. The minimum atomic E-state index is -4.94. The number of halogens is 6. The molecule has 6 nitrogen and oxygen atoms in total. The van der Waals surface area contributed by atoms with E-state index in [2.05, 4.69) is 20.4 Å². The molecule has 3 heterocycles. The highest BCUT2D eigenvalue weighted by Crippen LogP contribution is 2.57. The number of hydrogen-bond acceptors (Lipinski definition) is 5. The maximum atomic E-state index is 13.6. The van der Waals surface area contributed by atoms with Crippen LogP contribution < -0.4 is 0 Å². The number of hydrogen-bond donors (Lipinski definition) is 0. The predicted molar refractivity (Wildman–Crippen MR) is 144 cm³/mol. The highest BCUT2D eigenvalue weighted by atomic mass is 19.4. The quantitative estimate of drug-likeness (QED) is 0.216. The lowest BCUT2D eigenvalue weighted by Crippen LogP contribution is -2.56. The Hall–Kier alpha value is -3.77. The Morgan fingerprint density at radius 1 is 0.837 bits per heavy atom. The van der Waals surface area contributed by atoms with E-state index in [0.29, 0.717) is 31.6 Å². The summed E-state index contributed by atoms with van der Waals surface area (Å²) in [6.07, 6.45) is -8.62. The molecule has 6 rings (SSSR count). The first kappa shape index (κ1) is 29.3. The molecule has 4 atom stereocenters. The molecular weight excluding hydrogens is 572 g/mol. The van der Waals surface area contributed by atoms with Crippen LogP contribution >= 0.6 is 0 Å². The predicted octanol–water partition coefficient (Wildman–Crippen LogP) is 6.88. The number of piperidine rings is 1. The first-order valence-electron chi connectivity index (χ1n) is 14.0. The fraction of sp³-hybridized carbons (Fsp3) is 0.387. The molecule has 3 aromatic carbocycles. The van der Waals surface area contributed by atoms with E-state index >= 15 is 0 Å². The first-order chi connectivity index (χ1) is 20.5. The second kappa shape index (κ2) is 11.1. The van der Waals surface area contributed by atoms with Gasteiger partial charge in [-0.1, -0.05) is 60.7 Å². The first-order valence-corrected chi connectivity index (χ1v) is 14.0. The lowest BCUT2D eigenvalue weighted by Gasteiger charge is -2.50. The number of aryl methyl sites for hydroxylation is 1. The van der Waals surface area contributed by atoms with Crippen molar-refractivity contribution >= 4 is 0 Å². The van der Waals surface area contributed by atoms with Crippen LogP contribution in [0.5, 0.6) is 0 Å². The molecule has 43 heavy (non-hydrogen) atoms. The summed E-state index contributed by atoms with van der Waals surface area (Å²) in [5, 5.41) is 12.2. The molecule has 1 aromatic heterocycles. The summed E-state index contributed by atoms with van der Waals surface area (Å²) in [6.45, 7) is 0.149. The molecule has 12 heteroatoms. The topological polar surface area (TPSA) is 56.1 Å². The number of benzene rings is 3. The van der Waals surface area contributed by atoms with Crippen molar-refractivity contribution in [1.82, 2.24) is 25.1 Å². The van der Waals surface area contributed by atoms with Crippen LogP contribution in [0.1, 0.15) is 58.8 Å². The van der Waals surface area contributed by atoms with E-state index in [1.807, 2.05) is 60.7 Å². The Labute approximate surface area is 244 Å². The molecule has 0 amide bonds. The zero-order chi connectivity index (χ0) is 30.4. The van der Waals surface area contributed by atoms with Crippen LogP contribution in [0.15, 0.2) is 78.9 Å². The van der Waals surface area contributed by atoms with Gasteiger partial charge in [-0.15, -0.1) is 5.10 Å². The van der Waals surface area contributed by atoms with Gasteiger partial charge in [-0.05, 0) is 64.6 Å². The second-order valence-electron chi connectivity index (χ2n) is 11.2. The van der Waals surface area contributed by atoms with E-state index in [4.69, 9.17) is 4.74 Å². The number of rotatable bonds is 7. The monoisotopic (exact) mass is 601 g/mol. The summed E-state index contributed by atoms with van der Waals surface area (Å²) < 4.78 is 89.5. The summed E-state index contributed by atoms with van der Waals surface area (Å²) in [5.41, 5.74) is -1.62. The van der Waals surface area contributed by atoms with Gasteiger partial charge in [0.05, 0.1) is 29.4 Å². The van der Waals surface area contributed by atoms with Gasteiger partial charge in [0.25, 0.3) is 0 Å². The van der Waals surface area contributed by atoms with Crippen molar-refractivity contribution < 1.29 is 31.1 Å². The van der Waals surface area contributed by atoms with Crippen LogP contribution in [-0.4, -0.2) is 37.3 Å². The van der Waals surface area contributed by atoms with E-state index in [0.717, 1.165) is 23.3 Å². The van der Waals surface area contributed by atoms with Crippen molar-refractivity contribution in [1.29, 1.82) is 0 Å². The van der Waals surface area contributed by atoms with Gasteiger partial charge in [0.2, 0.25) is 0 Å². The average Bonchev–Trinajstić information content (AvgIpc) is 3.49. The normalized spacial score (nSPS) is 24.4. The van der Waals surface area contributed by atoms with Gasteiger partial charge in [0.1, 0.15) is 0 Å². The molecule has 0 radical (unpaired) electrons. The summed E-state index contributed by atoms with van der Waals surface area (Å²) in [7, 11) is 1.79. The number of ether oxygens (including phenoxy) is 1. The largest absolute Gasteiger partial charge is 0.416 e. The Kier molecular flexibility index (Phi) is 7.54. The standard InChI is InChI=1S/C31H29F6N5O/c1-41-28(38-39-40-41)25-17-29(22-10-6-3-7-11-22)27(13-12-26(25)42(29)18-20-8-4-2-5-9-20)43-19-21-14-23(30(32,33)34)16-24(15-21)31(35,36)37/h2-11,14-16,25-27H,12-13,17-19H2,1H3. The van der Waals surface area contributed by atoms with Gasteiger partial charge < -0.3 is 4.74 Å². The van der Waals surface area contributed by atoms with Crippen LogP contribution in [-0.2, 0) is 42.8 Å². The van der Waals surface area contributed by atoms with Gasteiger partial charge in [-0.3, -0.25) is 4.90 Å². The minimum Gasteiger partial charge on any atom is -0.371 e. The summed E-state index contributed by atoms with van der Waals surface area (Å²) in [5.74, 6) is 0.636. The summed E-state index contributed by atoms with van der Waals surface area (Å²) in [4.78, 5) is 2.37. The highest BCUT2D eigenvalue weighted by molar-refractivity contribution is 5.36. The SMILES string of the molecule is Cn1nnnc1C1CC2(c3ccccc3)C(OCc3cc(C(F)(F)F)cc(C(F)(F)F)c3)CCC1N2Cc1ccccc1. The Morgan fingerprint density at radius 2 is 1.47 bits per heavy atom. The minimum absolute atomic E-state index is 0.0235. The molecule has 2 fully saturated rings. The van der Waals surface area contributed by atoms with Crippen LogP contribution in [0.2, 0.25) is 0 Å². The zero-order valence-corrected chi connectivity index (χ0v) is 23.2. The molecule has 0 N–H and O–H groups in total.